The average molecular weight is 524 g/mol. The minimum atomic E-state index is -0.903. The van der Waals surface area contributed by atoms with Crippen molar-refractivity contribution in [3.05, 3.63) is 119 Å². The number of aryl methyl sites for hydroxylation is 1. The first-order chi connectivity index (χ1) is 19.0. The zero-order valence-corrected chi connectivity index (χ0v) is 21.1. The standard InChI is InChI=1S/C31H25NO7/c1-19-14-22(10-12-23(19)37-17-20-6-3-2-4-7-20)29(33)27-28(25-8-5-13-36-25)32(31(35)30(27)34)16-21-9-11-24-26(15-21)39-18-38-24/h2-15,28,33H,16-18H2,1H3/b29-27-. The summed E-state index contributed by atoms with van der Waals surface area (Å²) in [7, 11) is 0. The second-order valence-corrected chi connectivity index (χ2v) is 9.38. The van der Waals surface area contributed by atoms with Crippen LogP contribution in [0, 0.1) is 6.92 Å². The number of fused-ring (bicyclic) bond motifs is 1. The minimum Gasteiger partial charge on any atom is -0.507 e. The lowest BCUT2D eigenvalue weighted by atomic mass is 9.98. The normalized spacial score (nSPS) is 17.6. The first-order valence-corrected chi connectivity index (χ1v) is 12.5. The fourth-order valence-corrected chi connectivity index (χ4v) is 4.87. The summed E-state index contributed by atoms with van der Waals surface area (Å²) in [5.74, 6) is 0.434. The summed E-state index contributed by atoms with van der Waals surface area (Å²) in [6.07, 6.45) is 1.47. The molecule has 8 heteroatoms. The molecule has 2 aliphatic rings. The smallest absolute Gasteiger partial charge is 0.296 e. The van der Waals surface area contributed by atoms with E-state index in [0.29, 0.717) is 35.2 Å². The van der Waals surface area contributed by atoms with Gasteiger partial charge in [0.15, 0.2) is 11.5 Å². The third-order valence-corrected chi connectivity index (χ3v) is 6.83. The molecule has 1 atom stereocenters. The number of carbonyl (C=O) groups is 2. The van der Waals surface area contributed by atoms with Gasteiger partial charge in [0.2, 0.25) is 6.79 Å². The molecular formula is C31H25NO7. The number of rotatable bonds is 7. The van der Waals surface area contributed by atoms with Crippen molar-refractivity contribution in [2.75, 3.05) is 6.79 Å². The number of nitrogens with zero attached hydrogens (tertiary/aromatic N) is 1. The molecule has 196 valence electrons. The van der Waals surface area contributed by atoms with Gasteiger partial charge in [-0.3, -0.25) is 9.59 Å². The Morgan fingerprint density at radius 2 is 1.77 bits per heavy atom. The molecule has 3 aromatic carbocycles. The molecule has 1 aromatic heterocycles. The van der Waals surface area contributed by atoms with Crippen LogP contribution in [-0.2, 0) is 22.7 Å². The monoisotopic (exact) mass is 523 g/mol. The van der Waals surface area contributed by atoms with Crippen molar-refractivity contribution in [1.82, 2.24) is 4.90 Å². The van der Waals surface area contributed by atoms with Crippen LogP contribution < -0.4 is 14.2 Å². The number of aliphatic hydroxyl groups excluding tert-OH is 1. The number of aliphatic hydroxyl groups is 1. The van der Waals surface area contributed by atoms with E-state index in [9.17, 15) is 14.7 Å². The van der Waals surface area contributed by atoms with E-state index in [4.69, 9.17) is 18.6 Å². The summed E-state index contributed by atoms with van der Waals surface area (Å²) < 4.78 is 22.4. The van der Waals surface area contributed by atoms with E-state index < -0.39 is 17.7 Å². The predicted molar refractivity (Wildman–Crippen MR) is 141 cm³/mol. The number of furan rings is 1. The predicted octanol–water partition coefficient (Wildman–Crippen LogP) is 5.52. The molecule has 0 aliphatic carbocycles. The van der Waals surface area contributed by atoms with Gasteiger partial charge in [0, 0.05) is 12.1 Å². The number of amides is 1. The Labute approximate surface area is 224 Å². The molecule has 1 unspecified atom stereocenters. The first-order valence-electron chi connectivity index (χ1n) is 12.5. The lowest BCUT2D eigenvalue weighted by Crippen LogP contribution is -2.29. The minimum absolute atomic E-state index is 0.0342. The summed E-state index contributed by atoms with van der Waals surface area (Å²) in [6.45, 7) is 2.50. The van der Waals surface area contributed by atoms with Gasteiger partial charge in [-0.2, -0.15) is 0 Å². The number of ether oxygens (including phenoxy) is 3. The first kappa shape index (κ1) is 24.4. The zero-order chi connectivity index (χ0) is 26.9. The number of carbonyl (C=O) groups excluding carboxylic acids is 2. The Hall–Kier alpha value is -4.98. The Bertz CT molecular complexity index is 1570. The maximum atomic E-state index is 13.3. The molecule has 39 heavy (non-hydrogen) atoms. The van der Waals surface area contributed by atoms with Crippen molar-refractivity contribution in [3.8, 4) is 17.2 Å². The Kier molecular flexibility index (Phi) is 6.28. The number of hydrogen-bond acceptors (Lipinski definition) is 7. The molecule has 1 N–H and O–H groups in total. The second-order valence-electron chi connectivity index (χ2n) is 9.38. The fourth-order valence-electron chi connectivity index (χ4n) is 4.87. The highest BCUT2D eigenvalue weighted by Gasteiger charge is 2.47. The van der Waals surface area contributed by atoms with Crippen molar-refractivity contribution < 1.29 is 33.3 Å². The number of benzene rings is 3. The van der Waals surface area contributed by atoms with Crippen LogP contribution in [0.5, 0.6) is 17.2 Å². The zero-order valence-electron chi connectivity index (χ0n) is 21.1. The van der Waals surface area contributed by atoms with Gasteiger partial charge >= 0.3 is 0 Å². The number of likely N-dealkylation sites (tertiary alicyclic amines) is 1. The maximum absolute atomic E-state index is 13.3. The molecule has 1 fully saturated rings. The lowest BCUT2D eigenvalue weighted by molar-refractivity contribution is -0.140. The third kappa shape index (κ3) is 4.61. The molecule has 1 saturated heterocycles. The van der Waals surface area contributed by atoms with E-state index in [1.54, 1.807) is 42.5 Å². The topological polar surface area (TPSA) is 98.4 Å². The maximum Gasteiger partial charge on any atom is 0.296 e. The summed E-state index contributed by atoms with van der Waals surface area (Å²) in [5, 5.41) is 11.4. The largest absolute Gasteiger partial charge is 0.507 e. The fraction of sp³-hybridized carbons (Fsp3) is 0.161. The van der Waals surface area contributed by atoms with E-state index in [-0.39, 0.29) is 24.7 Å². The van der Waals surface area contributed by atoms with Crippen molar-refractivity contribution in [1.29, 1.82) is 0 Å². The molecule has 0 spiro atoms. The summed E-state index contributed by atoms with van der Waals surface area (Å²) in [5.41, 5.74) is 2.92. The van der Waals surface area contributed by atoms with Crippen molar-refractivity contribution in [3.63, 3.8) is 0 Å². The second kappa shape index (κ2) is 10.1. The van der Waals surface area contributed by atoms with Gasteiger partial charge in [-0.1, -0.05) is 36.4 Å². The number of ketones is 1. The highest BCUT2D eigenvalue weighted by Crippen LogP contribution is 2.42. The third-order valence-electron chi connectivity index (χ3n) is 6.83. The van der Waals surface area contributed by atoms with Crippen LogP contribution in [0.2, 0.25) is 0 Å². The van der Waals surface area contributed by atoms with Crippen molar-refractivity contribution in [2.45, 2.75) is 26.1 Å². The molecule has 0 radical (unpaired) electrons. The lowest BCUT2D eigenvalue weighted by Gasteiger charge is -2.23. The number of hydrogen-bond donors (Lipinski definition) is 1. The highest BCUT2D eigenvalue weighted by atomic mass is 16.7. The van der Waals surface area contributed by atoms with Gasteiger partial charge in [0.05, 0.1) is 11.8 Å². The summed E-state index contributed by atoms with van der Waals surface area (Å²) >= 11 is 0. The SMILES string of the molecule is Cc1cc(/C(O)=C2/C(=O)C(=O)N(Cc3ccc4c(c3)OCO4)C2c2ccco2)ccc1OCc1ccccc1. The molecule has 2 aliphatic heterocycles. The van der Waals surface area contributed by atoms with Crippen LogP contribution in [0.4, 0.5) is 0 Å². The van der Waals surface area contributed by atoms with Gasteiger partial charge in [-0.05, 0) is 66.1 Å². The van der Waals surface area contributed by atoms with Crippen LogP contribution in [-0.4, -0.2) is 28.5 Å². The molecule has 1 amide bonds. The van der Waals surface area contributed by atoms with E-state index in [1.165, 1.54) is 11.2 Å². The Morgan fingerprint density at radius 1 is 0.949 bits per heavy atom. The van der Waals surface area contributed by atoms with Gasteiger partial charge in [-0.15, -0.1) is 0 Å². The van der Waals surface area contributed by atoms with E-state index in [1.807, 2.05) is 43.3 Å². The molecule has 6 rings (SSSR count). The Morgan fingerprint density at radius 3 is 2.54 bits per heavy atom. The summed E-state index contributed by atoms with van der Waals surface area (Å²) in [6, 6.07) is 22.8. The highest BCUT2D eigenvalue weighted by molar-refractivity contribution is 6.46. The van der Waals surface area contributed by atoms with E-state index in [0.717, 1.165) is 16.7 Å². The van der Waals surface area contributed by atoms with Crippen LogP contribution in [0.3, 0.4) is 0 Å². The van der Waals surface area contributed by atoms with Crippen LogP contribution in [0.1, 0.15) is 34.1 Å². The molecular weight excluding hydrogens is 498 g/mol. The van der Waals surface area contributed by atoms with Gasteiger partial charge in [0.1, 0.15) is 29.9 Å². The average Bonchev–Trinajstić information content (AvgIpc) is 3.70. The van der Waals surface area contributed by atoms with Crippen LogP contribution in [0.25, 0.3) is 5.76 Å². The molecule has 4 aromatic rings. The van der Waals surface area contributed by atoms with Gasteiger partial charge in [0.25, 0.3) is 11.7 Å². The van der Waals surface area contributed by atoms with E-state index >= 15 is 0 Å². The van der Waals surface area contributed by atoms with Crippen LogP contribution in [0.15, 0.2) is 95.1 Å². The van der Waals surface area contributed by atoms with Crippen LogP contribution >= 0.6 is 0 Å². The van der Waals surface area contributed by atoms with Gasteiger partial charge in [-0.25, -0.2) is 0 Å². The molecule has 3 heterocycles. The molecule has 8 nitrogen and oxygen atoms in total. The van der Waals surface area contributed by atoms with Crippen molar-refractivity contribution in [2.24, 2.45) is 0 Å². The van der Waals surface area contributed by atoms with E-state index in [2.05, 4.69) is 0 Å². The summed E-state index contributed by atoms with van der Waals surface area (Å²) in [4.78, 5) is 28.0. The molecule has 0 bridgehead atoms. The Balaban J connectivity index is 1.32. The quantitative estimate of drug-likeness (QED) is 0.194. The molecule has 0 saturated carbocycles. The van der Waals surface area contributed by atoms with Crippen molar-refractivity contribution >= 4 is 17.4 Å². The number of Topliss-reactive ketones (excluding diaryl/α,β-unsaturated/α-hetero) is 1. The van der Waals surface area contributed by atoms with Gasteiger partial charge < -0.3 is 28.6 Å².